The molecule has 0 fully saturated rings. The molecule has 2 unspecified atom stereocenters. The molecule has 0 heterocycles. The first kappa shape index (κ1) is 17.2. The number of ether oxygens (including phenoxy) is 2. The van der Waals surface area contributed by atoms with Crippen molar-refractivity contribution in [2.75, 3.05) is 14.2 Å². The van der Waals surface area contributed by atoms with Gasteiger partial charge in [0.1, 0.15) is 18.0 Å². The van der Waals surface area contributed by atoms with E-state index in [1.165, 1.54) is 0 Å². The van der Waals surface area contributed by atoms with Crippen LogP contribution in [0.3, 0.4) is 0 Å². The number of hydrogen-bond acceptors (Lipinski definition) is 3. The minimum Gasteiger partial charge on any atom is -0.508 e. The topological polar surface area (TPSA) is 38.7 Å². The first-order chi connectivity index (χ1) is 12.3. The van der Waals surface area contributed by atoms with Crippen LogP contribution in [-0.2, 0) is 9.47 Å². The third kappa shape index (κ3) is 3.58. The van der Waals surface area contributed by atoms with Crippen LogP contribution in [0.4, 0.5) is 0 Å². The summed E-state index contributed by atoms with van der Waals surface area (Å²) in [6.07, 6.45) is -0.663. The van der Waals surface area contributed by atoms with E-state index in [0.717, 1.165) is 22.3 Å². The molecule has 0 amide bonds. The number of aromatic hydroxyl groups is 1. The lowest BCUT2D eigenvalue weighted by atomic mass is 9.90. The molecule has 3 rings (SSSR count). The zero-order chi connectivity index (χ0) is 17.6. The molecule has 0 saturated carbocycles. The summed E-state index contributed by atoms with van der Waals surface area (Å²) in [4.78, 5) is 0. The number of hydrogen-bond donors (Lipinski definition) is 1. The summed E-state index contributed by atoms with van der Waals surface area (Å²) in [5.74, 6) is 0.200. The smallest absolute Gasteiger partial charge is 0.122 e. The van der Waals surface area contributed by atoms with Crippen LogP contribution in [0.5, 0.6) is 5.75 Å². The van der Waals surface area contributed by atoms with E-state index < -0.39 is 0 Å². The SMILES string of the molecule is COC(c1ccccc1)c1cccc(O)c1C(OC)c1ccccc1. The predicted molar refractivity (Wildman–Crippen MR) is 98.7 cm³/mol. The Morgan fingerprint density at radius 3 is 1.68 bits per heavy atom. The van der Waals surface area contributed by atoms with E-state index in [1.54, 1.807) is 20.3 Å². The Morgan fingerprint density at radius 1 is 0.640 bits per heavy atom. The molecule has 25 heavy (non-hydrogen) atoms. The molecule has 0 aliphatic heterocycles. The van der Waals surface area contributed by atoms with E-state index in [9.17, 15) is 5.11 Å². The highest BCUT2D eigenvalue weighted by molar-refractivity contribution is 5.48. The second kappa shape index (κ2) is 7.97. The highest BCUT2D eigenvalue weighted by Crippen LogP contribution is 2.39. The van der Waals surface area contributed by atoms with Gasteiger partial charge in [-0.3, -0.25) is 0 Å². The van der Waals surface area contributed by atoms with Crippen molar-refractivity contribution in [2.24, 2.45) is 0 Å². The lowest BCUT2D eigenvalue weighted by molar-refractivity contribution is 0.116. The van der Waals surface area contributed by atoms with Crippen molar-refractivity contribution in [1.29, 1.82) is 0 Å². The summed E-state index contributed by atoms with van der Waals surface area (Å²) in [5.41, 5.74) is 3.63. The average molecular weight is 334 g/mol. The van der Waals surface area contributed by atoms with Gasteiger partial charge >= 0.3 is 0 Å². The van der Waals surface area contributed by atoms with E-state index in [0.29, 0.717) is 0 Å². The molecule has 0 bridgehead atoms. The molecule has 0 aliphatic rings. The van der Waals surface area contributed by atoms with Gasteiger partial charge in [0, 0.05) is 19.8 Å². The van der Waals surface area contributed by atoms with Gasteiger partial charge in [0.25, 0.3) is 0 Å². The highest BCUT2D eigenvalue weighted by atomic mass is 16.5. The molecule has 0 aromatic heterocycles. The Bertz CT molecular complexity index is 800. The molecule has 0 saturated heterocycles. The molecule has 3 aromatic carbocycles. The van der Waals surface area contributed by atoms with Gasteiger partial charge in [-0.25, -0.2) is 0 Å². The van der Waals surface area contributed by atoms with Crippen LogP contribution < -0.4 is 0 Å². The maximum absolute atomic E-state index is 10.6. The second-order valence-electron chi connectivity index (χ2n) is 5.83. The third-order valence-corrected chi connectivity index (χ3v) is 4.34. The Balaban J connectivity index is 2.14. The van der Waals surface area contributed by atoms with Crippen molar-refractivity contribution in [3.8, 4) is 5.75 Å². The molecule has 3 aromatic rings. The van der Waals surface area contributed by atoms with Crippen molar-refractivity contribution in [2.45, 2.75) is 12.2 Å². The monoisotopic (exact) mass is 334 g/mol. The average Bonchev–Trinajstić information content (AvgIpc) is 2.67. The van der Waals surface area contributed by atoms with Gasteiger partial charge in [0.15, 0.2) is 0 Å². The summed E-state index contributed by atoms with van der Waals surface area (Å²) >= 11 is 0. The van der Waals surface area contributed by atoms with Crippen LogP contribution in [0.1, 0.15) is 34.5 Å². The zero-order valence-electron chi connectivity index (χ0n) is 14.4. The number of benzene rings is 3. The molecule has 3 nitrogen and oxygen atoms in total. The van der Waals surface area contributed by atoms with Crippen LogP contribution in [0, 0.1) is 0 Å². The standard InChI is InChI=1S/C22H22O3/c1-24-21(16-10-5-3-6-11-16)18-14-9-15-19(23)20(18)22(25-2)17-12-7-4-8-13-17/h3-15,21-23H,1-2H3. The minimum absolute atomic E-state index is 0.200. The van der Waals surface area contributed by atoms with E-state index in [2.05, 4.69) is 0 Å². The van der Waals surface area contributed by atoms with Gasteiger partial charge in [0.05, 0.1) is 0 Å². The Kier molecular flexibility index (Phi) is 5.49. The van der Waals surface area contributed by atoms with E-state index in [-0.39, 0.29) is 18.0 Å². The van der Waals surface area contributed by atoms with Crippen molar-refractivity contribution in [1.82, 2.24) is 0 Å². The molecule has 1 N–H and O–H groups in total. The van der Waals surface area contributed by atoms with E-state index in [4.69, 9.17) is 9.47 Å². The first-order valence-corrected chi connectivity index (χ1v) is 8.23. The number of rotatable bonds is 6. The lowest BCUT2D eigenvalue weighted by Crippen LogP contribution is -2.12. The Labute approximate surface area is 148 Å². The van der Waals surface area contributed by atoms with Gasteiger partial charge in [-0.1, -0.05) is 72.8 Å². The van der Waals surface area contributed by atoms with E-state index in [1.807, 2.05) is 72.8 Å². The quantitative estimate of drug-likeness (QED) is 0.699. The first-order valence-electron chi connectivity index (χ1n) is 8.23. The van der Waals surface area contributed by atoms with Gasteiger partial charge in [-0.05, 0) is 22.8 Å². The fourth-order valence-electron chi connectivity index (χ4n) is 3.20. The summed E-state index contributed by atoms with van der Waals surface area (Å²) in [5, 5.41) is 10.6. The van der Waals surface area contributed by atoms with Crippen molar-refractivity contribution in [3.05, 3.63) is 101 Å². The number of methoxy groups -OCH3 is 2. The Hall–Kier alpha value is -2.62. The van der Waals surface area contributed by atoms with Gasteiger partial charge in [-0.2, -0.15) is 0 Å². The fourth-order valence-corrected chi connectivity index (χ4v) is 3.20. The maximum atomic E-state index is 10.6. The largest absolute Gasteiger partial charge is 0.508 e. The molecule has 0 radical (unpaired) electrons. The number of phenols is 1. The fraction of sp³-hybridized carbons (Fsp3) is 0.182. The van der Waals surface area contributed by atoms with Gasteiger partial charge in [-0.15, -0.1) is 0 Å². The van der Waals surface area contributed by atoms with Crippen LogP contribution >= 0.6 is 0 Å². The lowest BCUT2D eigenvalue weighted by Gasteiger charge is -2.25. The van der Waals surface area contributed by atoms with Crippen LogP contribution in [0.15, 0.2) is 78.9 Å². The molecule has 0 aliphatic carbocycles. The third-order valence-electron chi connectivity index (χ3n) is 4.34. The van der Waals surface area contributed by atoms with Crippen LogP contribution in [0.2, 0.25) is 0 Å². The molecular weight excluding hydrogens is 312 g/mol. The van der Waals surface area contributed by atoms with Crippen molar-refractivity contribution < 1.29 is 14.6 Å². The summed E-state index contributed by atoms with van der Waals surface area (Å²) < 4.78 is 11.5. The van der Waals surface area contributed by atoms with Crippen LogP contribution in [0.25, 0.3) is 0 Å². The van der Waals surface area contributed by atoms with Gasteiger partial charge in [0.2, 0.25) is 0 Å². The minimum atomic E-state index is -0.376. The number of phenolic OH excluding ortho intramolecular Hbond substituents is 1. The predicted octanol–water partition coefficient (Wildman–Crippen LogP) is 4.86. The molecule has 3 heteroatoms. The van der Waals surface area contributed by atoms with E-state index >= 15 is 0 Å². The second-order valence-corrected chi connectivity index (χ2v) is 5.83. The molecule has 0 spiro atoms. The summed E-state index contributed by atoms with van der Waals surface area (Å²) in [6.45, 7) is 0. The van der Waals surface area contributed by atoms with Gasteiger partial charge < -0.3 is 14.6 Å². The maximum Gasteiger partial charge on any atom is 0.122 e. The normalized spacial score (nSPS) is 13.4. The summed E-state index contributed by atoms with van der Waals surface area (Å²) in [7, 11) is 3.33. The zero-order valence-corrected chi connectivity index (χ0v) is 14.4. The highest BCUT2D eigenvalue weighted by Gasteiger charge is 2.26. The van der Waals surface area contributed by atoms with Crippen molar-refractivity contribution in [3.63, 3.8) is 0 Å². The van der Waals surface area contributed by atoms with Crippen molar-refractivity contribution >= 4 is 0 Å². The van der Waals surface area contributed by atoms with Crippen LogP contribution in [-0.4, -0.2) is 19.3 Å². The Morgan fingerprint density at radius 2 is 1.16 bits per heavy atom. The molecular formula is C22H22O3. The summed E-state index contributed by atoms with van der Waals surface area (Å²) in [6, 6.07) is 25.4. The molecule has 2 atom stereocenters. The molecule has 128 valence electrons.